The van der Waals surface area contributed by atoms with E-state index in [1.807, 2.05) is 6.92 Å². The first-order valence-electron chi connectivity index (χ1n) is 4.52. The summed E-state index contributed by atoms with van der Waals surface area (Å²) in [5.74, 6) is -0.889. The molecule has 0 spiro atoms. The average Bonchev–Trinajstić information content (AvgIpc) is 2.55. The van der Waals surface area contributed by atoms with Gasteiger partial charge >= 0.3 is 0 Å². The van der Waals surface area contributed by atoms with E-state index in [0.717, 1.165) is 5.56 Å². The van der Waals surface area contributed by atoms with Crippen LogP contribution in [0.3, 0.4) is 0 Å². The van der Waals surface area contributed by atoms with Gasteiger partial charge in [-0.25, -0.2) is 0 Å². The number of aryl methyl sites for hydroxylation is 1. The third kappa shape index (κ3) is 1.72. The monoisotopic (exact) mass is 255 g/mol. The topological polar surface area (TPSA) is 46.2 Å². The standard InChI is InChI=1S/C11H7Cl2NO2/c1-5-2-3-6(10(13)9(5)12)7-4-8(15)14-11(7)16/h2-4H,1H3,(H,14,15,16). The Morgan fingerprint density at radius 3 is 2.38 bits per heavy atom. The van der Waals surface area contributed by atoms with Crippen LogP contribution in [0.25, 0.3) is 5.57 Å². The molecular formula is C11H7Cl2NO2. The summed E-state index contributed by atoms with van der Waals surface area (Å²) in [5, 5.41) is 2.84. The van der Waals surface area contributed by atoms with Crippen LogP contribution in [0.1, 0.15) is 11.1 Å². The molecule has 0 bridgehead atoms. The highest BCUT2D eigenvalue weighted by Crippen LogP contribution is 2.33. The molecule has 1 heterocycles. The van der Waals surface area contributed by atoms with Gasteiger partial charge in [-0.1, -0.05) is 35.3 Å². The van der Waals surface area contributed by atoms with Gasteiger partial charge in [-0.05, 0) is 12.5 Å². The molecule has 82 valence electrons. The predicted octanol–water partition coefficient (Wildman–Crippen LogP) is 2.34. The van der Waals surface area contributed by atoms with Crippen molar-refractivity contribution in [3.63, 3.8) is 0 Å². The first-order valence-corrected chi connectivity index (χ1v) is 5.28. The molecule has 5 heteroatoms. The van der Waals surface area contributed by atoms with E-state index in [9.17, 15) is 9.59 Å². The molecule has 1 aliphatic heterocycles. The van der Waals surface area contributed by atoms with Crippen molar-refractivity contribution >= 4 is 40.6 Å². The Balaban J connectivity index is 2.58. The lowest BCUT2D eigenvalue weighted by atomic mass is 10.0. The van der Waals surface area contributed by atoms with Crippen molar-refractivity contribution in [3.8, 4) is 0 Å². The Labute approximate surface area is 102 Å². The van der Waals surface area contributed by atoms with Crippen molar-refractivity contribution in [2.45, 2.75) is 6.92 Å². The lowest BCUT2D eigenvalue weighted by Crippen LogP contribution is -2.21. The molecule has 0 saturated heterocycles. The molecule has 1 aromatic rings. The third-order valence-electron chi connectivity index (χ3n) is 2.32. The van der Waals surface area contributed by atoms with Crippen LogP contribution >= 0.6 is 23.2 Å². The van der Waals surface area contributed by atoms with Gasteiger partial charge in [0.05, 0.1) is 15.6 Å². The molecule has 0 fully saturated rings. The summed E-state index contributed by atoms with van der Waals surface area (Å²) in [4.78, 5) is 22.4. The maximum atomic E-state index is 11.4. The van der Waals surface area contributed by atoms with Crippen LogP contribution in [0.4, 0.5) is 0 Å². The zero-order chi connectivity index (χ0) is 11.9. The Bertz CT molecular complexity index is 535. The Morgan fingerprint density at radius 2 is 1.81 bits per heavy atom. The summed E-state index contributed by atoms with van der Waals surface area (Å²) in [6.45, 7) is 1.81. The first kappa shape index (κ1) is 11.2. The summed E-state index contributed by atoms with van der Waals surface area (Å²) in [6, 6.07) is 3.42. The maximum Gasteiger partial charge on any atom is 0.258 e. The van der Waals surface area contributed by atoms with Gasteiger partial charge in [-0.15, -0.1) is 0 Å². The van der Waals surface area contributed by atoms with Gasteiger partial charge in [-0.3, -0.25) is 14.9 Å². The van der Waals surface area contributed by atoms with Gasteiger partial charge in [-0.2, -0.15) is 0 Å². The highest BCUT2D eigenvalue weighted by Gasteiger charge is 2.24. The quantitative estimate of drug-likeness (QED) is 0.784. The van der Waals surface area contributed by atoms with E-state index in [0.29, 0.717) is 10.6 Å². The highest BCUT2D eigenvalue weighted by molar-refractivity contribution is 6.45. The first-order chi connectivity index (χ1) is 7.50. The summed E-state index contributed by atoms with van der Waals surface area (Å²) in [6.07, 6.45) is 1.22. The second kappa shape index (κ2) is 3.92. The molecule has 3 nitrogen and oxygen atoms in total. The van der Waals surface area contributed by atoms with Crippen LogP contribution in [0.5, 0.6) is 0 Å². The van der Waals surface area contributed by atoms with E-state index in [2.05, 4.69) is 5.32 Å². The maximum absolute atomic E-state index is 11.4. The van der Waals surface area contributed by atoms with Gasteiger partial charge in [0, 0.05) is 11.6 Å². The lowest BCUT2D eigenvalue weighted by Gasteiger charge is -2.07. The Kier molecular flexibility index (Phi) is 2.74. The minimum atomic E-state index is -0.452. The third-order valence-corrected chi connectivity index (χ3v) is 3.30. The number of imide groups is 1. The molecule has 0 saturated carbocycles. The van der Waals surface area contributed by atoms with Crippen LogP contribution in [-0.4, -0.2) is 11.8 Å². The van der Waals surface area contributed by atoms with Crippen molar-refractivity contribution in [3.05, 3.63) is 39.4 Å². The van der Waals surface area contributed by atoms with Gasteiger partial charge in [0.25, 0.3) is 11.8 Å². The molecule has 2 rings (SSSR count). The van der Waals surface area contributed by atoms with Gasteiger partial charge in [0.2, 0.25) is 0 Å². The van der Waals surface area contributed by atoms with Crippen molar-refractivity contribution in [1.29, 1.82) is 0 Å². The van der Waals surface area contributed by atoms with Crippen LogP contribution in [0, 0.1) is 6.92 Å². The van der Waals surface area contributed by atoms with Crippen molar-refractivity contribution in [2.75, 3.05) is 0 Å². The van der Waals surface area contributed by atoms with E-state index < -0.39 is 11.8 Å². The minimum absolute atomic E-state index is 0.247. The zero-order valence-corrected chi connectivity index (χ0v) is 9.82. The van der Waals surface area contributed by atoms with Crippen LogP contribution < -0.4 is 5.32 Å². The van der Waals surface area contributed by atoms with Gasteiger partial charge < -0.3 is 0 Å². The number of carbonyl (C=O) groups excluding carboxylic acids is 2. The van der Waals surface area contributed by atoms with Crippen molar-refractivity contribution < 1.29 is 9.59 Å². The number of benzene rings is 1. The predicted molar refractivity (Wildman–Crippen MR) is 62.3 cm³/mol. The number of rotatable bonds is 1. The van der Waals surface area contributed by atoms with E-state index in [4.69, 9.17) is 23.2 Å². The van der Waals surface area contributed by atoms with Gasteiger partial charge in [0.15, 0.2) is 0 Å². The molecule has 1 aliphatic rings. The number of amides is 2. The largest absolute Gasteiger partial charge is 0.289 e. The second-order valence-corrected chi connectivity index (χ2v) is 4.19. The molecule has 16 heavy (non-hydrogen) atoms. The highest BCUT2D eigenvalue weighted by atomic mass is 35.5. The fraction of sp³-hybridized carbons (Fsp3) is 0.0909. The van der Waals surface area contributed by atoms with Crippen LogP contribution in [0.15, 0.2) is 18.2 Å². The van der Waals surface area contributed by atoms with E-state index >= 15 is 0 Å². The van der Waals surface area contributed by atoms with Crippen LogP contribution in [-0.2, 0) is 9.59 Å². The number of halogens is 2. The summed E-state index contributed by atoms with van der Waals surface area (Å²) < 4.78 is 0. The zero-order valence-electron chi connectivity index (χ0n) is 8.30. The molecule has 0 aromatic heterocycles. The number of nitrogens with one attached hydrogen (secondary N) is 1. The Morgan fingerprint density at radius 1 is 1.12 bits per heavy atom. The number of carbonyl (C=O) groups is 2. The average molecular weight is 256 g/mol. The molecule has 1 aromatic carbocycles. The van der Waals surface area contributed by atoms with Crippen molar-refractivity contribution in [2.24, 2.45) is 0 Å². The Hall–Kier alpha value is -1.32. The molecule has 0 unspecified atom stereocenters. The molecule has 2 amide bonds. The number of hydrogen-bond acceptors (Lipinski definition) is 2. The van der Waals surface area contributed by atoms with Crippen LogP contribution in [0.2, 0.25) is 10.0 Å². The summed E-state index contributed by atoms with van der Waals surface area (Å²) in [5.41, 5.74) is 1.54. The molecular weight excluding hydrogens is 249 g/mol. The molecule has 0 aliphatic carbocycles. The number of hydrogen-bond donors (Lipinski definition) is 1. The molecule has 0 radical (unpaired) electrons. The van der Waals surface area contributed by atoms with E-state index in [1.54, 1.807) is 12.1 Å². The van der Waals surface area contributed by atoms with E-state index in [1.165, 1.54) is 6.08 Å². The molecule has 1 N–H and O–H groups in total. The normalized spacial score (nSPS) is 15.1. The fourth-order valence-electron chi connectivity index (χ4n) is 1.47. The second-order valence-electron chi connectivity index (χ2n) is 3.43. The fourth-order valence-corrected chi connectivity index (χ4v) is 1.94. The SMILES string of the molecule is Cc1ccc(C2=CC(=O)NC2=O)c(Cl)c1Cl. The molecule has 0 atom stereocenters. The lowest BCUT2D eigenvalue weighted by molar-refractivity contribution is -0.123. The van der Waals surface area contributed by atoms with Gasteiger partial charge in [0.1, 0.15) is 0 Å². The van der Waals surface area contributed by atoms with Crippen molar-refractivity contribution in [1.82, 2.24) is 5.32 Å². The summed E-state index contributed by atoms with van der Waals surface area (Å²) in [7, 11) is 0. The minimum Gasteiger partial charge on any atom is -0.289 e. The smallest absolute Gasteiger partial charge is 0.258 e. The summed E-state index contributed by atoms with van der Waals surface area (Å²) >= 11 is 12.0. The van der Waals surface area contributed by atoms with E-state index in [-0.39, 0.29) is 10.6 Å².